The second kappa shape index (κ2) is 6.46. The fourth-order valence-electron chi connectivity index (χ4n) is 3.57. The maximum atomic E-state index is 12.8. The second-order valence-electron chi connectivity index (χ2n) is 8.13. The van der Waals surface area contributed by atoms with Gasteiger partial charge in [-0.2, -0.15) is 19.4 Å². The minimum absolute atomic E-state index is 0.213. The Labute approximate surface area is 169 Å². The normalized spacial score (nSPS) is 23.4. The first kappa shape index (κ1) is 19.7. The minimum Gasteiger partial charge on any atom is -0.268 e. The van der Waals surface area contributed by atoms with Crippen LogP contribution in [0, 0.1) is 6.92 Å². The molecular formula is C19H24N5O4S+. The average molecular weight is 418 g/mol. The number of allylic oxidation sites excluding steroid dienone is 1. The van der Waals surface area contributed by atoms with E-state index in [1.54, 1.807) is 17.8 Å². The Kier molecular flexibility index (Phi) is 4.39. The van der Waals surface area contributed by atoms with Gasteiger partial charge in [0.2, 0.25) is 10.0 Å². The average Bonchev–Trinajstić information content (AvgIpc) is 3.27. The largest absolute Gasteiger partial charge is 0.501 e. The molecule has 1 aromatic rings. The van der Waals surface area contributed by atoms with Crippen LogP contribution in [-0.4, -0.2) is 63.2 Å². The van der Waals surface area contributed by atoms with Crippen LogP contribution < -0.4 is 4.72 Å². The number of fused-ring (bicyclic) bond motifs is 1. The molecule has 10 heteroatoms. The van der Waals surface area contributed by atoms with Crippen LogP contribution in [0.15, 0.2) is 29.9 Å². The van der Waals surface area contributed by atoms with Gasteiger partial charge >= 0.3 is 11.9 Å². The number of carbonyl (C=O) groups is 2. The molecule has 3 aliphatic rings. The summed E-state index contributed by atoms with van der Waals surface area (Å²) < 4.78 is 31.4. The first-order valence-corrected chi connectivity index (χ1v) is 10.9. The molecule has 2 heterocycles. The first-order valence-electron chi connectivity index (χ1n) is 9.40. The zero-order valence-electron chi connectivity index (χ0n) is 16.8. The van der Waals surface area contributed by atoms with Gasteiger partial charge in [-0.15, -0.1) is 0 Å². The molecule has 9 nitrogen and oxygen atoms in total. The molecule has 0 bridgehead atoms. The number of hydrogen-bond acceptors (Lipinski definition) is 5. The maximum absolute atomic E-state index is 12.8. The number of hydrogen-bond donors (Lipinski definition) is 1. The van der Waals surface area contributed by atoms with Crippen molar-refractivity contribution in [1.82, 2.24) is 19.4 Å². The molecule has 1 saturated carbocycles. The Morgan fingerprint density at radius 2 is 2.00 bits per heavy atom. The Morgan fingerprint density at radius 1 is 1.31 bits per heavy atom. The van der Waals surface area contributed by atoms with Crippen LogP contribution in [0.4, 0.5) is 4.79 Å². The zero-order valence-corrected chi connectivity index (χ0v) is 17.7. The minimum atomic E-state index is -3.68. The smallest absolute Gasteiger partial charge is 0.268 e. The zero-order chi connectivity index (χ0) is 21.1. The summed E-state index contributed by atoms with van der Waals surface area (Å²) in [6.07, 6.45) is 6.09. The molecule has 1 N–H and O–H groups in total. The summed E-state index contributed by atoms with van der Waals surface area (Å²) in [6.45, 7) is 3.94. The number of nitrogens with one attached hydrogen (secondary N) is 1. The molecule has 2 aliphatic carbocycles. The van der Waals surface area contributed by atoms with Gasteiger partial charge in [0.25, 0.3) is 0 Å². The number of aromatic nitrogens is 2. The summed E-state index contributed by atoms with van der Waals surface area (Å²) in [5.41, 5.74) is 1.84. The Bertz CT molecular complexity index is 1120. The molecule has 0 spiro atoms. The van der Waals surface area contributed by atoms with E-state index in [0.717, 1.165) is 29.1 Å². The second-order valence-corrected chi connectivity index (χ2v) is 9.97. The summed E-state index contributed by atoms with van der Waals surface area (Å²) in [6, 6.07) is 1.41. The van der Waals surface area contributed by atoms with Crippen molar-refractivity contribution in [2.24, 2.45) is 7.05 Å². The lowest BCUT2D eigenvalue weighted by atomic mass is 10.00. The van der Waals surface area contributed by atoms with Crippen molar-refractivity contribution in [2.45, 2.75) is 44.0 Å². The third-order valence-corrected chi connectivity index (χ3v) is 7.35. The van der Waals surface area contributed by atoms with Gasteiger partial charge in [-0.25, -0.2) is 17.9 Å². The van der Waals surface area contributed by atoms with E-state index in [-0.39, 0.29) is 12.1 Å². The van der Waals surface area contributed by atoms with E-state index in [0.29, 0.717) is 5.71 Å². The third kappa shape index (κ3) is 3.46. The number of amides is 3. The number of rotatable bonds is 5. The Balaban J connectivity index is 1.74. The van der Waals surface area contributed by atoms with Gasteiger partial charge in [-0.1, -0.05) is 6.08 Å². The van der Waals surface area contributed by atoms with E-state index in [4.69, 9.17) is 0 Å². The lowest BCUT2D eigenvalue weighted by Gasteiger charge is -2.25. The number of aryl methyl sites for hydroxylation is 2. The lowest BCUT2D eigenvalue weighted by molar-refractivity contribution is -0.453. The highest BCUT2D eigenvalue weighted by atomic mass is 32.2. The fraction of sp³-hybridized carbons (Fsp3) is 0.474. The van der Waals surface area contributed by atoms with Gasteiger partial charge in [0, 0.05) is 12.6 Å². The highest BCUT2D eigenvalue weighted by Crippen LogP contribution is 2.36. The molecule has 1 unspecified atom stereocenters. The third-order valence-electron chi connectivity index (χ3n) is 5.56. The summed E-state index contributed by atoms with van der Waals surface area (Å²) in [5.74, 6) is -0.510. The Morgan fingerprint density at radius 3 is 2.59 bits per heavy atom. The molecule has 0 aromatic carbocycles. The van der Waals surface area contributed by atoms with Crippen LogP contribution in [0.2, 0.25) is 0 Å². The standard InChI is InChI=1S/C19H24N5O4S/c1-12-9-13(23(4)20-12)11-24-16-6-5-14(29(27,28)21-19(2)7-8-19)10-15(16)17(25)22(3)18(24)26/h5-6,9-10,14,21H,7-8,11H2,1-4H3/q+1. The van der Waals surface area contributed by atoms with Crippen molar-refractivity contribution in [1.29, 1.82) is 0 Å². The van der Waals surface area contributed by atoms with Crippen LogP contribution in [0.5, 0.6) is 0 Å². The van der Waals surface area contributed by atoms with Gasteiger partial charge < -0.3 is 0 Å². The molecule has 3 amide bonds. The molecule has 1 aromatic heterocycles. The van der Waals surface area contributed by atoms with Gasteiger partial charge in [0.05, 0.1) is 18.4 Å². The van der Waals surface area contributed by atoms with E-state index in [1.165, 1.54) is 23.8 Å². The summed E-state index contributed by atoms with van der Waals surface area (Å²) in [7, 11) is -0.492. The summed E-state index contributed by atoms with van der Waals surface area (Å²) in [4.78, 5) is 26.5. The molecule has 1 fully saturated rings. The van der Waals surface area contributed by atoms with E-state index >= 15 is 0 Å². The van der Waals surface area contributed by atoms with Gasteiger partial charge in [0.15, 0.2) is 0 Å². The molecule has 1 atom stereocenters. The van der Waals surface area contributed by atoms with Crippen molar-refractivity contribution in [3.8, 4) is 0 Å². The maximum Gasteiger partial charge on any atom is 0.501 e. The van der Waals surface area contributed by atoms with Crippen LogP contribution >= 0.6 is 0 Å². The quantitative estimate of drug-likeness (QED) is 0.706. The Hall–Kier alpha value is -2.59. The summed E-state index contributed by atoms with van der Waals surface area (Å²) >= 11 is 0. The first-order chi connectivity index (χ1) is 13.5. The monoisotopic (exact) mass is 418 g/mol. The molecule has 0 radical (unpaired) electrons. The molecule has 0 saturated heterocycles. The predicted octanol–water partition coefficient (Wildman–Crippen LogP) is 0.611. The highest BCUT2D eigenvalue weighted by Gasteiger charge is 2.46. The van der Waals surface area contributed by atoms with Crippen molar-refractivity contribution < 1.29 is 22.6 Å². The number of likely N-dealkylation sites (N-methyl/N-ethyl adjacent to an activating group) is 1. The lowest BCUT2D eigenvalue weighted by Crippen LogP contribution is -2.50. The van der Waals surface area contributed by atoms with Crippen molar-refractivity contribution in [3.05, 3.63) is 41.3 Å². The van der Waals surface area contributed by atoms with Crippen molar-refractivity contribution in [2.75, 3.05) is 7.05 Å². The SMILES string of the molecule is Cc1cc(C[N+]2=C3C=CC(S(=O)(=O)NC4(C)CC4)C=C3C(=O)N(C)C2=O)n(C)n1. The predicted molar refractivity (Wildman–Crippen MR) is 106 cm³/mol. The number of imide groups is 1. The molecular weight excluding hydrogens is 394 g/mol. The van der Waals surface area contributed by atoms with Gasteiger partial charge in [-0.3, -0.25) is 4.68 Å². The summed E-state index contributed by atoms with van der Waals surface area (Å²) in [5, 5.41) is 3.33. The van der Waals surface area contributed by atoms with Gasteiger partial charge in [0.1, 0.15) is 23.1 Å². The van der Waals surface area contributed by atoms with Crippen LogP contribution in [0.3, 0.4) is 0 Å². The molecule has 154 valence electrons. The number of urea groups is 1. The molecule has 29 heavy (non-hydrogen) atoms. The van der Waals surface area contributed by atoms with Crippen molar-refractivity contribution in [3.63, 3.8) is 0 Å². The fourth-order valence-corrected chi connectivity index (χ4v) is 5.20. The highest BCUT2D eigenvalue weighted by molar-refractivity contribution is 7.90. The number of sulfonamides is 1. The van der Waals surface area contributed by atoms with Crippen LogP contribution in [-0.2, 0) is 28.4 Å². The van der Waals surface area contributed by atoms with Gasteiger partial charge in [-0.05, 0) is 44.9 Å². The van der Waals surface area contributed by atoms with E-state index in [9.17, 15) is 18.0 Å². The van der Waals surface area contributed by atoms with Crippen LogP contribution in [0.25, 0.3) is 0 Å². The van der Waals surface area contributed by atoms with Crippen LogP contribution in [0.1, 0.15) is 31.2 Å². The molecule has 4 rings (SSSR count). The van der Waals surface area contributed by atoms with E-state index in [1.807, 2.05) is 19.9 Å². The van der Waals surface area contributed by atoms with Crippen molar-refractivity contribution >= 4 is 27.7 Å². The van der Waals surface area contributed by atoms with E-state index in [2.05, 4.69) is 9.82 Å². The number of carbonyl (C=O) groups excluding carboxylic acids is 2. The topological polar surface area (TPSA) is 104 Å². The van der Waals surface area contributed by atoms with E-state index < -0.39 is 32.8 Å². The number of nitrogens with zero attached hydrogens (tertiary/aromatic N) is 4. The molecule has 1 aliphatic heterocycles.